The summed E-state index contributed by atoms with van der Waals surface area (Å²) in [7, 11) is 1.86. The lowest BCUT2D eigenvalue weighted by Gasteiger charge is -2.30. The number of aliphatic hydroxyl groups excluding tert-OH is 1. The molecule has 1 aliphatic heterocycles. The van der Waals surface area contributed by atoms with Gasteiger partial charge in [0.1, 0.15) is 0 Å². The van der Waals surface area contributed by atoms with Gasteiger partial charge in [0.2, 0.25) is 5.91 Å². The molecule has 0 aromatic carbocycles. The zero-order valence-corrected chi connectivity index (χ0v) is 8.83. The van der Waals surface area contributed by atoms with E-state index in [2.05, 4.69) is 5.32 Å². The standard InChI is InChI=1S/C10H20N2O2/c1-12(5-3-2-4-6-13)10(14)9-7-11-8-9/h9,11,13H,2-8H2,1H3. The van der Waals surface area contributed by atoms with Crippen molar-refractivity contribution in [2.75, 3.05) is 33.3 Å². The van der Waals surface area contributed by atoms with Crippen molar-refractivity contribution in [3.05, 3.63) is 0 Å². The molecule has 14 heavy (non-hydrogen) atoms. The van der Waals surface area contributed by atoms with E-state index in [1.807, 2.05) is 11.9 Å². The molecule has 1 amide bonds. The lowest BCUT2D eigenvalue weighted by atomic mass is 10.0. The molecule has 0 aromatic heterocycles. The minimum absolute atomic E-state index is 0.206. The number of amides is 1. The van der Waals surface area contributed by atoms with E-state index >= 15 is 0 Å². The highest BCUT2D eigenvalue weighted by Gasteiger charge is 2.26. The molecule has 1 rings (SSSR count). The molecule has 0 atom stereocenters. The van der Waals surface area contributed by atoms with Gasteiger partial charge < -0.3 is 15.3 Å². The Morgan fingerprint density at radius 3 is 2.64 bits per heavy atom. The Labute approximate surface area is 85.3 Å². The smallest absolute Gasteiger partial charge is 0.227 e. The summed E-state index contributed by atoms with van der Waals surface area (Å²) in [5.41, 5.74) is 0. The molecule has 0 aliphatic carbocycles. The Morgan fingerprint density at radius 2 is 2.14 bits per heavy atom. The van der Waals surface area contributed by atoms with Gasteiger partial charge in [-0.05, 0) is 19.3 Å². The Balaban J connectivity index is 2.07. The molecule has 0 aromatic rings. The highest BCUT2D eigenvalue weighted by atomic mass is 16.2. The van der Waals surface area contributed by atoms with Crippen LogP contribution in [-0.2, 0) is 4.79 Å². The Bertz CT molecular complexity index is 181. The molecule has 2 N–H and O–H groups in total. The van der Waals surface area contributed by atoms with Gasteiger partial charge in [0.25, 0.3) is 0 Å². The van der Waals surface area contributed by atoms with Crippen LogP contribution in [0.25, 0.3) is 0 Å². The number of hydrogen-bond donors (Lipinski definition) is 2. The molecule has 1 aliphatic rings. The molecule has 0 radical (unpaired) electrons. The first-order valence-corrected chi connectivity index (χ1v) is 5.32. The Kier molecular flexibility index (Phi) is 4.90. The predicted octanol–water partition coefficient (Wildman–Crippen LogP) is -0.173. The number of rotatable bonds is 6. The van der Waals surface area contributed by atoms with Gasteiger partial charge in [0.05, 0.1) is 5.92 Å². The fraction of sp³-hybridized carbons (Fsp3) is 0.900. The zero-order chi connectivity index (χ0) is 10.4. The van der Waals surface area contributed by atoms with Crippen LogP contribution in [0.3, 0.4) is 0 Å². The topological polar surface area (TPSA) is 52.6 Å². The first-order chi connectivity index (χ1) is 6.75. The molecule has 0 spiro atoms. The van der Waals surface area contributed by atoms with Crippen LogP contribution in [-0.4, -0.2) is 49.2 Å². The number of carbonyl (C=O) groups excluding carboxylic acids is 1. The first kappa shape index (κ1) is 11.5. The van der Waals surface area contributed by atoms with E-state index in [1.54, 1.807) is 0 Å². The van der Waals surface area contributed by atoms with Crippen molar-refractivity contribution < 1.29 is 9.90 Å². The molecule has 4 nitrogen and oxygen atoms in total. The van der Waals surface area contributed by atoms with Crippen LogP contribution in [0.2, 0.25) is 0 Å². The third-order valence-electron chi connectivity index (χ3n) is 2.66. The van der Waals surface area contributed by atoms with Gasteiger partial charge in [-0.3, -0.25) is 4.79 Å². The minimum Gasteiger partial charge on any atom is -0.396 e. The van der Waals surface area contributed by atoms with Gasteiger partial charge in [0, 0.05) is 33.3 Å². The third kappa shape index (κ3) is 3.27. The van der Waals surface area contributed by atoms with E-state index in [0.29, 0.717) is 0 Å². The maximum Gasteiger partial charge on any atom is 0.227 e. The maximum absolute atomic E-state index is 11.6. The number of hydrogen-bond acceptors (Lipinski definition) is 3. The average molecular weight is 200 g/mol. The number of aliphatic hydroxyl groups is 1. The lowest BCUT2D eigenvalue weighted by molar-refractivity contribution is -0.135. The summed E-state index contributed by atoms with van der Waals surface area (Å²) in [6.45, 7) is 2.74. The van der Waals surface area contributed by atoms with Crippen molar-refractivity contribution in [2.24, 2.45) is 5.92 Å². The van der Waals surface area contributed by atoms with Gasteiger partial charge in [-0.15, -0.1) is 0 Å². The minimum atomic E-state index is 0.206. The molecule has 0 bridgehead atoms. The van der Waals surface area contributed by atoms with Gasteiger partial charge >= 0.3 is 0 Å². The zero-order valence-electron chi connectivity index (χ0n) is 8.83. The van der Waals surface area contributed by atoms with Crippen LogP contribution < -0.4 is 5.32 Å². The highest BCUT2D eigenvalue weighted by molar-refractivity contribution is 5.79. The quantitative estimate of drug-likeness (QED) is 0.585. The number of nitrogens with one attached hydrogen (secondary N) is 1. The third-order valence-corrected chi connectivity index (χ3v) is 2.66. The van der Waals surface area contributed by atoms with Crippen LogP contribution in [0.4, 0.5) is 0 Å². The van der Waals surface area contributed by atoms with E-state index < -0.39 is 0 Å². The van der Waals surface area contributed by atoms with Gasteiger partial charge in [-0.2, -0.15) is 0 Å². The van der Waals surface area contributed by atoms with Crippen LogP contribution in [0.5, 0.6) is 0 Å². The fourth-order valence-electron chi connectivity index (χ4n) is 1.52. The second-order valence-corrected chi connectivity index (χ2v) is 3.90. The molecular weight excluding hydrogens is 180 g/mol. The van der Waals surface area contributed by atoms with Crippen molar-refractivity contribution >= 4 is 5.91 Å². The van der Waals surface area contributed by atoms with E-state index in [4.69, 9.17) is 5.11 Å². The molecule has 0 saturated carbocycles. The maximum atomic E-state index is 11.6. The molecule has 1 saturated heterocycles. The highest BCUT2D eigenvalue weighted by Crippen LogP contribution is 2.07. The molecule has 4 heteroatoms. The van der Waals surface area contributed by atoms with E-state index in [0.717, 1.165) is 38.9 Å². The normalized spacial score (nSPS) is 16.4. The van der Waals surface area contributed by atoms with Crippen molar-refractivity contribution in [3.63, 3.8) is 0 Å². The van der Waals surface area contributed by atoms with Crippen LogP contribution in [0, 0.1) is 5.92 Å². The number of carbonyl (C=O) groups is 1. The number of nitrogens with zero attached hydrogens (tertiary/aromatic N) is 1. The largest absolute Gasteiger partial charge is 0.396 e. The summed E-state index contributed by atoms with van der Waals surface area (Å²) < 4.78 is 0. The molecule has 0 unspecified atom stereocenters. The first-order valence-electron chi connectivity index (χ1n) is 5.32. The summed E-state index contributed by atoms with van der Waals surface area (Å²) in [6.07, 6.45) is 2.83. The summed E-state index contributed by atoms with van der Waals surface area (Å²) >= 11 is 0. The second kappa shape index (κ2) is 5.98. The van der Waals surface area contributed by atoms with Crippen molar-refractivity contribution in [1.29, 1.82) is 0 Å². The summed E-state index contributed by atoms with van der Waals surface area (Å²) in [5.74, 6) is 0.464. The average Bonchev–Trinajstić information content (AvgIpc) is 2.09. The SMILES string of the molecule is CN(CCCCCO)C(=O)C1CNC1. The Hall–Kier alpha value is -0.610. The van der Waals surface area contributed by atoms with Gasteiger partial charge in [-0.1, -0.05) is 0 Å². The molecule has 1 fully saturated rings. The molecule has 82 valence electrons. The van der Waals surface area contributed by atoms with Crippen molar-refractivity contribution in [3.8, 4) is 0 Å². The van der Waals surface area contributed by atoms with E-state index in [1.165, 1.54) is 0 Å². The van der Waals surface area contributed by atoms with Crippen LogP contribution >= 0.6 is 0 Å². The Morgan fingerprint density at radius 1 is 1.43 bits per heavy atom. The van der Waals surface area contributed by atoms with Crippen molar-refractivity contribution in [2.45, 2.75) is 19.3 Å². The second-order valence-electron chi connectivity index (χ2n) is 3.90. The molecular formula is C10H20N2O2. The summed E-state index contributed by atoms with van der Waals surface area (Å²) in [6, 6.07) is 0. The van der Waals surface area contributed by atoms with Gasteiger partial charge in [-0.25, -0.2) is 0 Å². The summed E-state index contributed by atoms with van der Waals surface area (Å²) in [4.78, 5) is 13.4. The van der Waals surface area contributed by atoms with E-state index in [9.17, 15) is 4.79 Å². The van der Waals surface area contributed by atoms with Crippen molar-refractivity contribution in [1.82, 2.24) is 10.2 Å². The predicted molar refractivity (Wildman–Crippen MR) is 54.9 cm³/mol. The fourth-order valence-corrected chi connectivity index (χ4v) is 1.52. The summed E-state index contributed by atoms with van der Waals surface area (Å²) in [5, 5.41) is 11.7. The number of unbranched alkanes of at least 4 members (excludes halogenated alkanes) is 2. The monoisotopic (exact) mass is 200 g/mol. The lowest BCUT2D eigenvalue weighted by Crippen LogP contribution is -2.51. The van der Waals surface area contributed by atoms with E-state index in [-0.39, 0.29) is 18.4 Å². The van der Waals surface area contributed by atoms with Crippen LogP contribution in [0.15, 0.2) is 0 Å². The van der Waals surface area contributed by atoms with Gasteiger partial charge in [0.15, 0.2) is 0 Å². The molecule has 1 heterocycles. The van der Waals surface area contributed by atoms with Crippen LogP contribution in [0.1, 0.15) is 19.3 Å².